The van der Waals surface area contributed by atoms with Crippen molar-refractivity contribution >= 4 is 27.5 Å². The first kappa shape index (κ1) is 29.3. The van der Waals surface area contributed by atoms with Gasteiger partial charge in [0.1, 0.15) is 24.1 Å². The van der Waals surface area contributed by atoms with Crippen LogP contribution in [0, 0.1) is 0 Å². The summed E-state index contributed by atoms with van der Waals surface area (Å²) in [6.45, 7) is 3.64. The third-order valence-corrected chi connectivity index (χ3v) is 7.81. The van der Waals surface area contributed by atoms with Crippen molar-refractivity contribution in [3.63, 3.8) is 0 Å². The number of ether oxygens (including phenoxy) is 2. The average molecular weight is 546 g/mol. The van der Waals surface area contributed by atoms with Crippen LogP contribution in [0.25, 0.3) is 0 Å². The van der Waals surface area contributed by atoms with Gasteiger partial charge in [0.15, 0.2) is 0 Å². The summed E-state index contributed by atoms with van der Waals surface area (Å²) >= 11 is 0. The highest BCUT2D eigenvalue weighted by Gasteiger charge is 2.33. The highest BCUT2D eigenvalue weighted by molar-refractivity contribution is 7.92. The molecule has 3 rings (SSSR count). The number of methoxy groups -OCH3 is 1. The van der Waals surface area contributed by atoms with Crippen LogP contribution in [0.3, 0.4) is 0 Å². The molecule has 0 unspecified atom stereocenters. The Morgan fingerprint density at radius 2 is 1.79 bits per heavy atom. The van der Waals surface area contributed by atoms with Crippen molar-refractivity contribution in [2.45, 2.75) is 64.6 Å². The molecule has 1 aliphatic rings. The van der Waals surface area contributed by atoms with Crippen LogP contribution in [-0.2, 0) is 26.2 Å². The first-order valence-electron chi connectivity index (χ1n) is 13.1. The quantitative estimate of drug-likeness (QED) is 0.411. The summed E-state index contributed by atoms with van der Waals surface area (Å²) in [7, 11) is -2.30. The van der Waals surface area contributed by atoms with Gasteiger partial charge in [-0.2, -0.15) is 0 Å². The van der Waals surface area contributed by atoms with Crippen LogP contribution >= 0.6 is 0 Å². The number of anilines is 1. The van der Waals surface area contributed by atoms with Crippen molar-refractivity contribution in [3.05, 3.63) is 54.1 Å². The zero-order valence-corrected chi connectivity index (χ0v) is 23.5. The topological polar surface area (TPSA) is 105 Å². The van der Waals surface area contributed by atoms with E-state index in [0.717, 1.165) is 41.8 Å². The third kappa shape index (κ3) is 7.63. The van der Waals surface area contributed by atoms with E-state index in [0.29, 0.717) is 24.5 Å². The maximum absolute atomic E-state index is 13.9. The number of sulfonamides is 1. The van der Waals surface area contributed by atoms with Gasteiger partial charge in [-0.15, -0.1) is 0 Å². The minimum Gasteiger partial charge on any atom is -0.497 e. The molecule has 208 valence electrons. The average Bonchev–Trinajstić information content (AvgIpc) is 3.40. The maximum Gasteiger partial charge on any atom is 0.244 e. The molecule has 0 aromatic heterocycles. The van der Waals surface area contributed by atoms with E-state index in [1.54, 1.807) is 50.4 Å². The molecule has 0 saturated heterocycles. The second-order valence-corrected chi connectivity index (χ2v) is 11.4. The molecule has 38 heavy (non-hydrogen) atoms. The van der Waals surface area contributed by atoms with Crippen LogP contribution in [0.4, 0.5) is 5.69 Å². The summed E-state index contributed by atoms with van der Waals surface area (Å²) in [5.41, 5.74) is 1.04. The van der Waals surface area contributed by atoms with E-state index in [9.17, 15) is 18.0 Å². The van der Waals surface area contributed by atoms with Crippen LogP contribution in [0.5, 0.6) is 11.5 Å². The van der Waals surface area contributed by atoms with Gasteiger partial charge in [0.25, 0.3) is 0 Å². The van der Waals surface area contributed by atoms with Crippen LogP contribution in [-0.4, -0.2) is 63.7 Å². The van der Waals surface area contributed by atoms with Gasteiger partial charge in [-0.25, -0.2) is 8.42 Å². The Balaban J connectivity index is 1.96. The standard InChI is InChI=1S/C28H39N3O6S/c1-5-24(28(33)29-22-13-7-8-14-22)30(19-21-12-11-15-23(18-21)36-3)27(32)20-31(38(4,34)35)25-16-9-10-17-26(25)37-6-2/h9-12,15-18,22,24H,5-8,13-14,19-20H2,1-4H3,(H,29,33)/t24-/m0/s1. The Labute approximate surface area is 226 Å². The first-order valence-corrected chi connectivity index (χ1v) is 14.9. The predicted octanol–water partition coefficient (Wildman–Crippen LogP) is 3.73. The van der Waals surface area contributed by atoms with E-state index in [-0.39, 0.29) is 24.2 Å². The Kier molecular flexibility index (Phi) is 10.4. The summed E-state index contributed by atoms with van der Waals surface area (Å²) < 4.78 is 37.8. The SMILES string of the molecule is CCOc1ccccc1N(CC(=O)N(Cc1cccc(OC)c1)[C@@H](CC)C(=O)NC1CCCC1)S(C)(=O)=O. The fourth-order valence-electron chi connectivity index (χ4n) is 4.79. The Bertz CT molecular complexity index is 1200. The van der Waals surface area contributed by atoms with Crippen molar-refractivity contribution in [2.75, 3.05) is 30.8 Å². The fraction of sp³-hybridized carbons (Fsp3) is 0.500. The molecule has 2 amide bonds. The summed E-state index contributed by atoms with van der Waals surface area (Å²) in [6, 6.07) is 13.3. The lowest BCUT2D eigenvalue weighted by molar-refractivity contribution is -0.140. The molecule has 0 heterocycles. The number of hydrogen-bond donors (Lipinski definition) is 1. The normalized spacial score (nSPS) is 14.5. The number of nitrogens with one attached hydrogen (secondary N) is 1. The van der Waals surface area contributed by atoms with E-state index in [4.69, 9.17) is 9.47 Å². The lowest BCUT2D eigenvalue weighted by Gasteiger charge is -2.33. The van der Waals surface area contributed by atoms with Gasteiger partial charge in [-0.1, -0.05) is 44.0 Å². The van der Waals surface area contributed by atoms with E-state index < -0.39 is 28.5 Å². The van der Waals surface area contributed by atoms with Crippen molar-refractivity contribution in [1.29, 1.82) is 0 Å². The number of benzene rings is 2. The molecule has 1 aliphatic carbocycles. The lowest BCUT2D eigenvalue weighted by Crippen LogP contribution is -2.53. The van der Waals surface area contributed by atoms with Crippen LogP contribution in [0.1, 0.15) is 51.5 Å². The highest BCUT2D eigenvalue weighted by Crippen LogP contribution is 2.30. The van der Waals surface area contributed by atoms with Gasteiger partial charge in [-0.05, 0) is 56.0 Å². The zero-order valence-electron chi connectivity index (χ0n) is 22.7. The van der Waals surface area contributed by atoms with E-state index in [2.05, 4.69) is 5.32 Å². The molecule has 9 nitrogen and oxygen atoms in total. The number of nitrogens with zero attached hydrogens (tertiary/aromatic N) is 2. The highest BCUT2D eigenvalue weighted by atomic mass is 32.2. The van der Waals surface area contributed by atoms with Crippen molar-refractivity contribution < 1.29 is 27.5 Å². The van der Waals surface area contributed by atoms with Crippen molar-refractivity contribution in [1.82, 2.24) is 10.2 Å². The largest absolute Gasteiger partial charge is 0.497 e. The fourth-order valence-corrected chi connectivity index (χ4v) is 5.64. The lowest BCUT2D eigenvalue weighted by atomic mass is 10.1. The molecule has 1 fully saturated rings. The van der Waals surface area contributed by atoms with E-state index >= 15 is 0 Å². The molecule has 0 radical (unpaired) electrons. The molecule has 1 atom stereocenters. The molecule has 0 spiro atoms. The molecule has 1 saturated carbocycles. The Hall–Kier alpha value is -3.27. The van der Waals surface area contributed by atoms with Crippen LogP contribution < -0.4 is 19.1 Å². The third-order valence-electron chi connectivity index (χ3n) is 6.69. The molecule has 0 bridgehead atoms. The maximum atomic E-state index is 13.9. The number of carbonyl (C=O) groups is 2. The summed E-state index contributed by atoms with van der Waals surface area (Å²) in [6.07, 6.45) is 5.40. The minimum absolute atomic E-state index is 0.0934. The predicted molar refractivity (Wildman–Crippen MR) is 148 cm³/mol. The van der Waals surface area contributed by atoms with Gasteiger partial charge in [-0.3, -0.25) is 13.9 Å². The second kappa shape index (κ2) is 13.5. The smallest absolute Gasteiger partial charge is 0.244 e. The van der Waals surface area contributed by atoms with Crippen LogP contribution in [0.2, 0.25) is 0 Å². The Morgan fingerprint density at radius 3 is 2.42 bits per heavy atom. The van der Waals surface area contributed by atoms with Crippen molar-refractivity contribution in [2.24, 2.45) is 0 Å². The summed E-state index contributed by atoms with van der Waals surface area (Å²) in [4.78, 5) is 28.8. The van der Waals surface area contributed by atoms with E-state index in [1.807, 2.05) is 19.1 Å². The number of carbonyl (C=O) groups excluding carboxylic acids is 2. The minimum atomic E-state index is -3.86. The second-order valence-electron chi connectivity index (χ2n) is 9.46. The molecule has 2 aromatic rings. The summed E-state index contributed by atoms with van der Waals surface area (Å²) in [5.74, 6) is 0.273. The van der Waals surface area contributed by atoms with Gasteiger partial charge >= 0.3 is 0 Å². The van der Waals surface area contributed by atoms with Gasteiger partial charge in [0.2, 0.25) is 21.8 Å². The number of hydrogen-bond acceptors (Lipinski definition) is 6. The Morgan fingerprint density at radius 1 is 1.08 bits per heavy atom. The number of amides is 2. The molecular formula is C28H39N3O6S. The monoisotopic (exact) mass is 545 g/mol. The van der Waals surface area contributed by atoms with Gasteiger partial charge in [0.05, 0.1) is 25.7 Å². The zero-order chi connectivity index (χ0) is 27.7. The van der Waals surface area contributed by atoms with E-state index in [1.165, 1.54) is 4.90 Å². The van der Waals surface area contributed by atoms with Crippen LogP contribution in [0.15, 0.2) is 48.5 Å². The summed E-state index contributed by atoms with van der Waals surface area (Å²) in [5, 5.41) is 3.11. The molecular weight excluding hydrogens is 506 g/mol. The molecule has 1 N–H and O–H groups in total. The van der Waals surface area contributed by atoms with Gasteiger partial charge in [0, 0.05) is 12.6 Å². The first-order chi connectivity index (χ1) is 18.2. The number of rotatable bonds is 13. The van der Waals surface area contributed by atoms with Crippen molar-refractivity contribution in [3.8, 4) is 11.5 Å². The molecule has 2 aromatic carbocycles. The molecule has 10 heteroatoms. The molecule has 0 aliphatic heterocycles. The number of para-hydroxylation sites is 2. The van der Waals surface area contributed by atoms with Gasteiger partial charge < -0.3 is 19.7 Å².